The molecule has 1 atom stereocenters. The molecule has 1 aromatic carbocycles. The van der Waals surface area contributed by atoms with Gasteiger partial charge in [0.15, 0.2) is 0 Å². The molecule has 1 rings (SSSR count). The van der Waals surface area contributed by atoms with Gasteiger partial charge in [-0.3, -0.25) is 9.10 Å². The molecule has 0 aliphatic rings. The van der Waals surface area contributed by atoms with Crippen LogP contribution in [0, 0.1) is 0 Å². The van der Waals surface area contributed by atoms with E-state index in [0.29, 0.717) is 17.3 Å². The lowest BCUT2D eigenvalue weighted by Gasteiger charge is -2.29. The van der Waals surface area contributed by atoms with Gasteiger partial charge >= 0.3 is 0 Å². The number of nitrogens with one attached hydrogen (secondary N) is 1. The topological polar surface area (TPSA) is 75.7 Å². The fourth-order valence-electron chi connectivity index (χ4n) is 1.94. The average molecular weight is 335 g/mol. The maximum Gasteiger partial charge on any atom is 0.243 e. The molecule has 1 N–H and O–H groups in total. The summed E-state index contributed by atoms with van der Waals surface area (Å²) in [5.41, 5.74) is 0.228. The maximum atomic E-state index is 12.1. The summed E-state index contributed by atoms with van der Waals surface area (Å²) in [7, 11) is -2.28. The molecular weight excluding hydrogens is 316 g/mol. The summed E-state index contributed by atoms with van der Waals surface area (Å²) >= 11 is 5.94. The van der Waals surface area contributed by atoms with Crippen molar-refractivity contribution in [2.45, 2.75) is 19.9 Å². The zero-order valence-corrected chi connectivity index (χ0v) is 14.0. The first kappa shape index (κ1) is 17.6. The van der Waals surface area contributed by atoms with Crippen LogP contribution in [0.1, 0.15) is 13.8 Å². The third kappa shape index (κ3) is 4.25. The highest BCUT2D eigenvalue weighted by Gasteiger charge is 2.31. The number of hydrogen-bond acceptors (Lipinski definition) is 4. The van der Waals surface area contributed by atoms with E-state index in [-0.39, 0.29) is 5.69 Å². The molecule has 0 aromatic heterocycles. The largest absolute Gasteiger partial charge is 0.495 e. The van der Waals surface area contributed by atoms with Crippen molar-refractivity contribution in [2.75, 3.05) is 24.2 Å². The Morgan fingerprint density at radius 2 is 2.10 bits per heavy atom. The highest BCUT2D eigenvalue weighted by molar-refractivity contribution is 7.92. The van der Waals surface area contributed by atoms with Gasteiger partial charge in [-0.2, -0.15) is 0 Å². The quantitative estimate of drug-likeness (QED) is 0.858. The van der Waals surface area contributed by atoms with Crippen molar-refractivity contribution in [1.29, 1.82) is 0 Å². The normalized spacial score (nSPS) is 12.6. The number of benzene rings is 1. The van der Waals surface area contributed by atoms with Crippen molar-refractivity contribution in [3.63, 3.8) is 0 Å². The number of amides is 1. The molecule has 0 spiro atoms. The van der Waals surface area contributed by atoms with Crippen LogP contribution in [0.5, 0.6) is 5.75 Å². The summed E-state index contributed by atoms with van der Waals surface area (Å²) in [6.45, 7) is 3.68. The number of sulfonamides is 1. The SMILES string of the molecule is CCNC(=O)[C@H](C)N(c1cc(Cl)ccc1OC)S(C)(=O)=O. The number of rotatable bonds is 6. The van der Waals surface area contributed by atoms with Crippen molar-refractivity contribution in [2.24, 2.45) is 0 Å². The number of likely N-dealkylation sites (N-methyl/N-ethyl adjacent to an activating group) is 1. The summed E-state index contributed by atoms with van der Waals surface area (Å²) in [5, 5.41) is 2.95. The first-order chi connectivity index (χ1) is 9.72. The molecule has 0 heterocycles. The molecule has 0 aliphatic carbocycles. The zero-order valence-electron chi connectivity index (χ0n) is 12.4. The molecule has 0 fully saturated rings. The number of carbonyl (C=O) groups excluding carboxylic acids is 1. The van der Waals surface area contributed by atoms with E-state index in [0.717, 1.165) is 10.6 Å². The highest BCUT2D eigenvalue weighted by Crippen LogP contribution is 2.34. The van der Waals surface area contributed by atoms with Crippen molar-refractivity contribution in [3.8, 4) is 5.75 Å². The minimum atomic E-state index is -3.70. The van der Waals surface area contributed by atoms with E-state index in [4.69, 9.17) is 16.3 Å². The Morgan fingerprint density at radius 1 is 1.48 bits per heavy atom. The number of nitrogens with zero attached hydrogens (tertiary/aromatic N) is 1. The fourth-order valence-corrected chi connectivity index (χ4v) is 3.27. The molecule has 1 amide bonds. The lowest BCUT2D eigenvalue weighted by molar-refractivity contribution is -0.121. The van der Waals surface area contributed by atoms with Crippen LogP contribution in [0.2, 0.25) is 5.02 Å². The van der Waals surface area contributed by atoms with Gasteiger partial charge in [0.2, 0.25) is 15.9 Å². The molecule has 0 bridgehead atoms. The lowest BCUT2D eigenvalue weighted by atomic mass is 10.2. The predicted molar refractivity (Wildman–Crippen MR) is 83.5 cm³/mol. The molecule has 8 heteroatoms. The van der Waals surface area contributed by atoms with Crippen molar-refractivity contribution >= 4 is 33.2 Å². The average Bonchev–Trinajstić information content (AvgIpc) is 2.37. The molecule has 21 heavy (non-hydrogen) atoms. The summed E-state index contributed by atoms with van der Waals surface area (Å²) in [5.74, 6) is -0.0778. The summed E-state index contributed by atoms with van der Waals surface area (Å²) in [6.07, 6.45) is 1.03. The molecule has 0 saturated heterocycles. The Kier molecular flexibility index (Phi) is 5.86. The van der Waals surface area contributed by atoms with Crippen LogP contribution in [-0.4, -0.2) is 40.3 Å². The zero-order chi connectivity index (χ0) is 16.2. The van der Waals surface area contributed by atoms with E-state index in [2.05, 4.69) is 5.32 Å². The Morgan fingerprint density at radius 3 is 2.57 bits per heavy atom. The molecule has 6 nitrogen and oxygen atoms in total. The second kappa shape index (κ2) is 7.00. The number of ether oxygens (including phenoxy) is 1. The van der Waals surface area contributed by atoms with Gasteiger partial charge in [-0.05, 0) is 32.0 Å². The van der Waals surface area contributed by atoms with Gasteiger partial charge < -0.3 is 10.1 Å². The van der Waals surface area contributed by atoms with E-state index >= 15 is 0 Å². The fraction of sp³-hybridized carbons (Fsp3) is 0.462. The van der Waals surface area contributed by atoms with Crippen LogP contribution in [0.4, 0.5) is 5.69 Å². The molecule has 0 radical (unpaired) electrons. The number of hydrogen-bond donors (Lipinski definition) is 1. The standard InChI is InChI=1S/C13H19ClN2O4S/c1-5-15-13(17)9(2)16(21(4,18)19)11-8-10(14)6-7-12(11)20-3/h6-9H,5H2,1-4H3,(H,15,17)/t9-/m0/s1. The summed E-state index contributed by atoms with van der Waals surface area (Å²) < 4.78 is 30.4. The van der Waals surface area contributed by atoms with Gasteiger partial charge in [-0.1, -0.05) is 11.6 Å². The molecule has 0 unspecified atom stereocenters. The highest BCUT2D eigenvalue weighted by atomic mass is 35.5. The predicted octanol–water partition coefficient (Wildman–Crippen LogP) is 1.64. The first-order valence-corrected chi connectivity index (χ1v) is 8.55. The minimum absolute atomic E-state index is 0.228. The minimum Gasteiger partial charge on any atom is -0.495 e. The van der Waals surface area contributed by atoms with Gasteiger partial charge in [0, 0.05) is 11.6 Å². The van der Waals surface area contributed by atoms with Crippen LogP contribution in [0.3, 0.4) is 0 Å². The maximum absolute atomic E-state index is 12.1. The second-order valence-electron chi connectivity index (χ2n) is 4.45. The third-order valence-corrected chi connectivity index (χ3v) is 4.28. The lowest BCUT2D eigenvalue weighted by Crippen LogP contribution is -2.48. The first-order valence-electron chi connectivity index (χ1n) is 6.33. The molecule has 0 aliphatic heterocycles. The number of anilines is 1. The Labute approximate surface area is 130 Å². The number of halogens is 1. The third-order valence-electron chi connectivity index (χ3n) is 2.82. The number of carbonyl (C=O) groups is 1. The van der Waals surface area contributed by atoms with E-state index in [1.165, 1.54) is 20.1 Å². The number of methoxy groups -OCH3 is 1. The van der Waals surface area contributed by atoms with Crippen LogP contribution < -0.4 is 14.4 Å². The van der Waals surface area contributed by atoms with Crippen LogP contribution in [-0.2, 0) is 14.8 Å². The van der Waals surface area contributed by atoms with Gasteiger partial charge in [-0.25, -0.2) is 8.42 Å². The molecule has 0 saturated carbocycles. The molecular formula is C13H19ClN2O4S. The smallest absolute Gasteiger partial charge is 0.243 e. The summed E-state index contributed by atoms with van der Waals surface area (Å²) in [6, 6.07) is 3.67. The monoisotopic (exact) mass is 334 g/mol. The van der Waals surface area contributed by atoms with Crippen molar-refractivity contribution < 1.29 is 17.9 Å². The second-order valence-corrected chi connectivity index (χ2v) is 6.74. The van der Waals surface area contributed by atoms with Crippen LogP contribution in [0.25, 0.3) is 0 Å². The van der Waals surface area contributed by atoms with Gasteiger partial charge in [-0.15, -0.1) is 0 Å². The van der Waals surface area contributed by atoms with E-state index in [1.54, 1.807) is 19.1 Å². The Bertz CT molecular complexity index is 619. The molecule has 118 valence electrons. The van der Waals surface area contributed by atoms with E-state index in [1.807, 2.05) is 0 Å². The molecule has 1 aromatic rings. The van der Waals surface area contributed by atoms with Crippen LogP contribution >= 0.6 is 11.6 Å². The Hall–Kier alpha value is -1.47. The van der Waals surface area contributed by atoms with Gasteiger partial charge in [0.1, 0.15) is 11.8 Å². The summed E-state index contributed by atoms with van der Waals surface area (Å²) in [4.78, 5) is 12.0. The Balaban J connectivity index is 3.40. The van der Waals surface area contributed by atoms with Crippen LogP contribution in [0.15, 0.2) is 18.2 Å². The van der Waals surface area contributed by atoms with E-state index < -0.39 is 22.0 Å². The van der Waals surface area contributed by atoms with Gasteiger partial charge in [0.25, 0.3) is 0 Å². The van der Waals surface area contributed by atoms with Gasteiger partial charge in [0.05, 0.1) is 19.1 Å². The van der Waals surface area contributed by atoms with Crippen molar-refractivity contribution in [1.82, 2.24) is 5.32 Å². The van der Waals surface area contributed by atoms with E-state index in [9.17, 15) is 13.2 Å². The van der Waals surface area contributed by atoms with Crippen molar-refractivity contribution in [3.05, 3.63) is 23.2 Å².